The van der Waals surface area contributed by atoms with Crippen LogP contribution < -0.4 is 11.1 Å². The SMILES string of the molecule is CCCCOCCNc1ccc(S(=O)(=O)N(C)C)cc1N. The van der Waals surface area contributed by atoms with Crippen LogP contribution in [0.25, 0.3) is 0 Å². The molecule has 0 aliphatic carbocycles. The lowest BCUT2D eigenvalue weighted by atomic mass is 10.2. The van der Waals surface area contributed by atoms with Crippen molar-refractivity contribution >= 4 is 21.4 Å². The summed E-state index contributed by atoms with van der Waals surface area (Å²) in [6.45, 7) is 4.10. The summed E-state index contributed by atoms with van der Waals surface area (Å²) in [6, 6.07) is 4.69. The van der Waals surface area contributed by atoms with Crippen LogP contribution in [0.3, 0.4) is 0 Å². The molecule has 0 fully saturated rings. The third-order valence-corrected chi connectivity index (χ3v) is 4.82. The molecule has 0 atom stereocenters. The Bertz CT molecular complexity index is 544. The van der Waals surface area contributed by atoms with Gasteiger partial charge in [0.25, 0.3) is 0 Å². The molecule has 0 radical (unpaired) electrons. The Hall–Kier alpha value is -1.31. The third-order valence-electron chi connectivity index (χ3n) is 3.01. The first-order valence-electron chi connectivity index (χ1n) is 7.03. The molecule has 0 amide bonds. The molecule has 0 heterocycles. The Labute approximate surface area is 127 Å². The van der Waals surface area contributed by atoms with Crippen LogP contribution in [0, 0.1) is 0 Å². The Morgan fingerprint density at radius 2 is 2.00 bits per heavy atom. The van der Waals surface area contributed by atoms with Gasteiger partial charge in [0.2, 0.25) is 10.0 Å². The zero-order valence-corrected chi connectivity index (χ0v) is 13.7. The molecule has 1 aromatic rings. The van der Waals surface area contributed by atoms with Crippen LogP contribution in [0.2, 0.25) is 0 Å². The summed E-state index contributed by atoms with van der Waals surface area (Å²) < 4.78 is 30.6. The Morgan fingerprint density at radius 1 is 1.29 bits per heavy atom. The molecule has 120 valence electrons. The summed E-state index contributed by atoms with van der Waals surface area (Å²) in [7, 11) is -0.468. The number of nitrogen functional groups attached to an aromatic ring is 1. The van der Waals surface area contributed by atoms with Gasteiger partial charge in [0.15, 0.2) is 0 Å². The van der Waals surface area contributed by atoms with Crippen molar-refractivity contribution < 1.29 is 13.2 Å². The topological polar surface area (TPSA) is 84.7 Å². The van der Waals surface area contributed by atoms with Crippen molar-refractivity contribution in [3.63, 3.8) is 0 Å². The fourth-order valence-corrected chi connectivity index (χ4v) is 2.62. The van der Waals surface area contributed by atoms with Crippen LogP contribution in [-0.2, 0) is 14.8 Å². The van der Waals surface area contributed by atoms with Gasteiger partial charge in [-0.3, -0.25) is 0 Å². The summed E-state index contributed by atoms with van der Waals surface area (Å²) >= 11 is 0. The Morgan fingerprint density at radius 3 is 2.57 bits per heavy atom. The second-order valence-electron chi connectivity index (χ2n) is 4.93. The molecule has 0 unspecified atom stereocenters. The van der Waals surface area contributed by atoms with Crippen molar-refractivity contribution in [3.8, 4) is 0 Å². The number of sulfonamides is 1. The summed E-state index contributed by atoms with van der Waals surface area (Å²) in [5.41, 5.74) is 7.02. The number of hydrogen-bond donors (Lipinski definition) is 2. The zero-order valence-electron chi connectivity index (χ0n) is 12.9. The highest BCUT2D eigenvalue weighted by molar-refractivity contribution is 7.89. The minimum Gasteiger partial charge on any atom is -0.397 e. The van der Waals surface area contributed by atoms with Crippen molar-refractivity contribution in [1.82, 2.24) is 4.31 Å². The highest BCUT2D eigenvalue weighted by atomic mass is 32.2. The van der Waals surface area contributed by atoms with Crippen molar-refractivity contribution in [2.24, 2.45) is 0 Å². The number of unbranched alkanes of at least 4 members (excludes halogenated alkanes) is 1. The number of nitrogens with two attached hydrogens (primary N) is 1. The number of nitrogens with one attached hydrogen (secondary N) is 1. The lowest BCUT2D eigenvalue weighted by Crippen LogP contribution is -2.22. The van der Waals surface area contributed by atoms with E-state index in [1.165, 1.54) is 20.2 Å². The maximum atomic E-state index is 12.0. The number of ether oxygens (including phenoxy) is 1. The molecule has 0 aliphatic heterocycles. The van der Waals surface area contributed by atoms with Gasteiger partial charge in [0, 0.05) is 27.2 Å². The van der Waals surface area contributed by atoms with Crippen LogP contribution in [0.15, 0.2) is 23.1 Å². The number of hydrogen-bond acceptors (Lipinski definition) is 5. The van der Waals surface area contributed by atoms with Gasteiger partial charge in [-0.15, -0.1) is 0 Å². The highest BCUT2D eigenvalue weighted by Gasteiger charge is 2.17. The smallest absolute Gasteiger partial charge is 0.242 e. The number of rotatable bonds is 9. The summed E-state index contributed by atoms with van der Waals surface area (Å²) in [6.07, 6.45) is 2.17. The van der Waals surface area contributed by atoms with Gasteiger partial charge in [-0.2, -0.15) is 0 Å². The number of nitrogens with zero attached hydrogens (tertiary/aromatic N) is 1. The lowest BCUT2D eigenvalue weighted by molar-refractivity contribution is 0.141. The second-order valence-corrected chi connectivity index (χ2v) is 7.08. The largest absolute Gasteiger partial charge is 0.397 e. The molecule has 0 aromatic heterocycles. The summed E-state index contributed by atoms with van der Waals surface area (Å²) in [4.78, 5) is 0.190. The molecule has 1 rings (SSSR count). The normalized spacial score (nSPS) is 11.8. The molecule has 1 aromatic carbocycles. The van der Waals surface area contributed by atoms with Crippen LogP contribution >= 0.6 is 0 Å². The number of benzene rings is 1. The molecular formula is C14H25N3O3S. The van der Waals surface area contributed by atoms with Crippen LogP contribution in [-0.4, -0.2) is 46.6 Å². The van der Waals surface area contributed by atoms with Crippen molar-refractivity contribution in [2.45, 2.75) is 24.7 Å². The molecule has 7 heteroatoms. The standard InChI is InChI=1S/C14H25N3O3S/c1-4-5-9-20-10-8-16-14-7-6-12(11-13(14)15)21(18,19)17(2)3/h6-7,11,16H,4-5,8-10,15H2,1-3H3. The Kier molecular flexibility index (Phi) is 6.94. The van der Waals surface area contributed by atoms with E-state index in [9.17, 15) is 8.42 Å². The average molecular weight is 315 g/mol. The maximum absolute atomic E-state index is 12.0. The molecule has 0 aliphatic rings. The van der Waals surface area contributed by atoms with Gasteiger partial charge >= 0.3 is 0 Å². The minimum atomic E-state index is -3.45. The molecule has 0 saturated heterocycles. The first-order valence-corrected chi connectivity index (χ1v) is 8.47. The number of anilines is 2. The summed E-state index contributed by atoms with van der Waals surface area (Å²) in [5, 5.41) is 3.14. The van der Waals surface area contributed by atoms with Crippen molar-refractivity contribution in [2.75, 3.05) is 44.9 Å². The fraction of sp³-hybridized carbons (Fsp3) is 0.571. The fourth-order valence-electron chi connectivity index (χ4n) is 1.68. The highest BCUT2D eigenvalue weighted by Crippen LogP contribution is 2.23. The van der Waals surface area contributed by atoms with Crippen LogP contribution in [0.5, 0.6) is 0 Å². The molecule has 0 saturated carbocycles. The van der Waals surface area contributed by atoms with Gasteiger partial charge in [0.05, 0.1) is 22.9 Å². The van der Waals surface area contributed by atoms with E-state index in [1.807, 2.05) is 0 Å². The van der Waals surface area contributed by atoms with E-state index in [-0.39, 0.29) is 4.90 Å². The third kappa shape index (κ3) is 5.18. The van der Waals surface area contributed by atoms with Gasteiger partial charge in [-0.25, -0.2) is 12.7 Å². The minimum absolute atomic E-state index is 0.190. The molecule has 0 bridgehead atoms. The monoisotopic (exact) mass is 315 g/mol. The van der Waals surface area contributed by atoms with Crippen molar-refractivity contribution in [3.05, 3.63) is 18.2 Å². The van der Waals surface area contributed by atoms with Gasteiger partial charge in [0.1, 0.15) is 0 Å². The first kappa shape index (κ1) is 17.7. The molecule has 21 heavy (non-hydrogen) atoms. The van der Waals surface area contributed by atoms with E-state index < -0.39 is 10.0 Å². The van der Waals surface area contributed by atoms with Crippen LogP contribution in [0.4, 0.5) is 11.4 Å². The maximum Gasteiger partial charge on any atom is 0.242 e. The van der Waals surface area contributed by atoms with Gasteiger partial charge < -0.3 is 15.8 Å². The first-order chi connectivity index (χ1) is 9.89. The molecule has 0 spiro atoms. The van der Waals surface area contributed by atoms with E-state index in [0.717, 1.165) is 23.8 Å². The predicted octanol–water partition coefficient (Wildman–Crippen LogP) is 1.75. The van der Waals surface area contributed by atoms with E-state index >= 15 is 0 Å². The zero-order chi connectivity index (χ0) is 15.9. The van der Waals surface area contributed by atoms with Gasteiger partial charge in [-0.05, 0) is 24.6 Å². The van der Waals surface area contributed by atoms with Crippen molar-refractivity contribution in [1.29, 1.82) is 0 Å². The van der Waals surface area contributed by atoms with E-state index in [0.29, 0.717) is 24.5 Å². The summed E-state index contributed by atoms with van der Waals surface area (Å²) in [5.74, 6) is 0. The van der Waals surface area contributed by atoms with E-state index in [1.54, 1.807) is 12.1 Å². The lowest BCUT2D eigenvalue weighted by Gasteiger charge is -2.14. The van der Waals surface area contributed by atoms with Gasteiger partial charge in [-0.1, -0.05) is 13.3 Å². The molecule has 3 N–H and O–H groups in total. The quantitative estimate of drug-likeness (QED) is 0.536. The van der Waals surface area contributed by atoms with E-state index in [4.69, 9.17) is 10.5 Å². The molecule has 6 nitrogen and oxygen atoms in total. The molecular weight excluding hydrogens is 290 g/mol. The second kappa shape index (κ2) is 8.21. The Balaban J connectivity index is 2.59. The average Bonchev–Trinajstić information content (AvgIpc) is 2.43. The predicted molar refractivity (Wildman–Crippen MR) is 85.9 cm³/mol. The van der Waals surface area contributed by atoms with E-state index in [2.05, 4.69) is 12.2 Å². The van der Waals surface area contributed by atoms with Crippen LogP contribution in [0.1, 0.15) is 19.8 Å².